The Hall–Kier alpha value is -0.0400. The van der Waals surface area contributed by atoms with Gasteiger partial charge in [0.1, 0.15) is 0 Å². The molecule has 0 aliphatic heterocycles. The topological polar surface area (TPSA) is 20.2 Å². The lowest BCUT2D eigenvalue weighted by Gasteiger charge is -2.60. The summed E-state index contributed by atoms with van der Waals surface area (Å²) in [4.78, 5) is 0. The molecule has 2 aliphatic rings. The molecule has 2 saturated carbocycles. The minimum atomic E-state index is -0.446. The second-order valence-electron chi connectivity index (χ2n) is 7.52. The van der Waals surface area contributed by atoms with Crippen molar-refractivity contribution in [2.45, 2.75) is 72.3 Å². The zero-order valence-electron chi connectivity index (χ0n) is 11.6. The first-order chi connectivity index (χ1) is 7.20. The van der Waals surface area contributed by atoms with E-state index in [1.165, 1.54) is 25.7 Å². The third-order valence-corrected chi connectivity index (χ3v) is 6.14. The van der Waals surface area contributed by atoms with E-state index in [1.54, 1.807) is 0 Å². The molecule has 0 aromatic carbocycles. The van der Waals surface area contributed by atoms with E-state index in [4.69, 9.17) is 0 Å². The molecular formula is C15H28O. The predicted molar refractivity (Wildman–Crippen MR) is 68.3 cm³/mol. The molecular weight excluding hydrogens is 196 g/mol. The van der Waals surface area contributed by atoms with E-state index in [2.05, 4.69) is 27.7 Å². The van der Waals surface area contributed by atoms with Crippen LogP contribution in [-0.2, 0) is 0 Å². The van der Waals surface area contributed by atoms with E-state index in [0.717, 1.165) is 12.3 Å². The molecule has 16 heavy (non-hydrogen) atoms. The van der Waals surface area contributed by atoms with Crippen LogP contribution >= 0.6 is 0 Å². The molecule has 0 bridgehead atoms. The van der Waals surface area contributed by atoms with E-state index >= 15 is 0 Å². The van der Waals surface area contributed by atoms with Crippen molar-refractivity contribution < 1.29 is 5.11 Å². The lowest BCUT2D eigenvalue weighted by molar-refractivity contribution is -0.160. The highest BCUT2D eigenvalue weighted by Gasteiger charge is 2.56. The first-order valence-corrected chi connectivity index (χ1v) is 6.92. The van der Waals surface area contributed by atoms with Crippen LogP contribution in [0, 0.1) is 22.7 Å². The van der Waals surface area contributed by atoms with Crippen molar-refractivity contribution in [3.8, 4) is 0 Å². The molecule has 1 unspecified atom stereocenters. The number of aliphatic hydroxyl groups is 1. The molecule has 0 radical (unpaired) electrons. The van der Waals surface area contributed by atoms with E-state index in [-0.39, 0.29) is 0 Å². The van der Waals surface area contributed by atoms with E-state index < -0.39 is 5.60 Å². The lowest BCUT2D eigenvalue weighted by Crippen LogP contribution is -2.56. The van der Waals surface area contributed by atoms with Crippen LogP contribution < -0.4 is 0 Å². The number of hydrogen-bond donors (Lipinski definition) is 1. The van der Waals surface area contributed by atoms with E-state index in [0.29, 0.717) is 16.7 Å². The third kappa shape index (κ3) is 1.63. The Labute approximate surface area is 101 Å². The van der Waals surface area contributed by atoms with Gasteiger partial charge in [0.05, 0.1) is 5.60 Å². The van der Waals surface area contributed by atoms with Crippen LogP contribution in [0.5, 0.6) is 0 Å². The molecule has 0 spiro atoms. The summed E-state index contributed by atoms with van der Waals surface area (Å²) < 4.78 is 0. The van der Waals surface area contributed by atoms with Gasteiger partial charge in [0.25, 0.3) is 0 Å². The van der Waals surface area contributed by atoms with Crippen molar-refractivity contribution in [3.63, 3.8) is 0 Å². The van der Waals surface area contributed by atoms with Gasteiger partial charge in [0, 0.05) is 0 Å². The van der Waals surface area contributed by atoms with Gasteiger partial charge < -0.3 is 5.11 Å². The molecule has 1 N–H and O–H groups in total. The van der Waals surface area contributed by atoms with Crippen LogP contribution in [0.2, 0.25) is 0 Å². The van der Waals surface area contributed by atoms with Crippen molar-refractivity contribution in [1.82, 2.24) is 0 Å². The fourth-order valence-corrected chi connectivity index (χ4v) is 4.77. The maximum Gasteiger partial charge on any atom is 0.0650 e. The Bertz CT molecular complexity index is 279. The Morgan fingerprint density at radius 1 is 1.00 bits per heavy atom. The van der Waals surface area contributed by atoms with Gasteiger partial charge in [-0.2, -0.15) is 0 Å². The molecule has 2 rings (SSSR count). The Morgan fingerprint density at radius 2 is 1.62 bits per heavy atom. The lowest BCUT2D eigenvalue weighted by atomic mass is 9.46. The largest absolute Gasteiger partial charge is 0.390 e. The van der Waals surface area contributed by atoms with Gasteiger partial charge in [0.2, 0.25) is 0 Å². The minimum absolute atomic E-state index is 0.351. The van der Waals surface area contributed by atoms with Crippen LogP contribution in [-0.4, -0.2) is 10.7 Å². The molecule has 2 fully saturated rings. The molecule has 1 heteroatoms. The van der Waals surface area contributed by atoms with Crippen molar-refractivity contribution >= 4 is 0 Å². The number of hydrogen-bond acceptors (Lipinski definition) is 1. The smallest absolute Gasteiger partial charge is 0.0650 e. The van der Waals surface area contributed by atoms with Gasteiger partial charge in [-0.15, -0.1) is 0 Å². The number of fused-ring (bicyclic) bond motifs is 1. The Morgan fingerprint density at radius 3 is 2.25 bits per heavy atom. The van der Waals surface area contributed by atoms with Gasteiger partial charge in [0.15, 0.2) is 0 Å². The van der Waals surface area contributed by atoms with Crippen LogP contribution in [0.1, 0.15) is 66.7 Å². The fourth-order valence-electron chi connectivity index (χ4n) is 4.77. The highest BCUT2D eigenvalue weighted by Crippen LogP contribution is 2.61. The summed E-state index contributed by atoms with van der Waals surface area (Å²) in [6.45, 7) is 11.6. The third-order valence-electron chi connectivity index (χ3n) is 6.14. The molecule has 0 aromatic rings. The van der Waals surface area contributed by atoms with Crippen LogP contribution in [0.15, 0.2) is 0 Å². The summed E-state index contributed by atoms with van der Waals surface area (Å²) in [6.07, 6.45) is 6.19. The molecule has 2 aliphatic carbocycles. The Balaban J connectivity index is 2.34. The minimum Gasteiger partial charge on any atom is -0.390 e. The van der Waals surface area contributed by atoms with Crippen LogP contribution in [0.3, 0.4) is 0 Å². The first kappa shape index (κ1) is 12.4. The quantitative estimate of drug-likeness (QED) is 0.659. The van der Waals surface area contributed by atoms with Crippen molar-refractivity contribution in [1.29, 1.82) is 0 Å². The summed E-state index contributed by atoms with van der Waals surface area (Å²) in [7, 11) is 0. The molecule has 0 saturated heterocycles. The summed E-state index contributed by atoms with van der Waals surface area (Å²) >= 11 is 0. The van der Waals surface area contributed by atoms with Gasteiger partial charge in [-0.1, -0.05) is 34.1 Å². The van der Waals surface area contributed by atoms with E-state index in [1.807, 2.05) is 6.92 Å². The molecule has 0 heterocycles. The fraction of sp³-hybridized carbons (Fsp3) is 1.00. The zero-order chi connectivity index (χ0) is 12.2. The summed E-state index contributed by atoms with van der Waals surface area (Å²) in [6, 6.07) is 0. The monoisotopic (exact) mass is 224 g/mol. The SMILES string of the molecule is C[C@@H]1[C@@](C)(O)CCC2C(C)(C)CCC[C@]21C. The molecule has 1 nitrogen and oxygen atoms in total. The summed E-state index contributed by atoms with van der Waals surface area (Å²) in [5, 5.41) is 10.5. The highest BCUT2D eigenvalue weighted by molar-refractivity contribution is 5.05. The maximum absolute atomic E-state index is 10.5. The van der Waals surface area contributed by atoms with Crippen LogP contribution in [0.4, 0.5) is 0 Å². The van der Waals surface area contributed by atoms with Crippen molar-refractivity contribution in [3.05, 3.63) is 0 Å². The average Bonchev–Trinajstić information content (AvgIpc) is 2.12. The average molecular weight is 224 g/mol. The summed E-state index contributed by atoms with van der Waals surface area (Å²) in [5.41, 5.74) is 0.375. The van der Waals surface area contributed by atoms with Crippen molar-refractivity contribution in [2.75, 3.05) is 0 Å². The molecule has 4 atom stereocenters. The van der Waals surface area contributed by atoms with Gasteiger partial charge in [-0.3, -0.25) is 0 Å². The first-order valence-electron chi connectivity index (χ1n) is 6.92. The van der Waals surface area contributed by atoms with Gasteiger partial charge in [-0.05, 0) is 55.3 Å². The Kier molecular flexibility index (Phi) is 2.70. The summed E-state index contributed by atoms with van der Waals surface area (Å²) in [5.74, 6) is 1.22. The maximum atomic E-state index is 10.5. The second kappa shape index (κ2) is 3.48. The highest BCUT2D eigenvalue weighted by atomic mass is 16.3. The number of rotatable bonds is 0. The predicted octanol–water partition coefficient (Wildman–Crippen LogP) is 4.00. The van der Waals surface area contributed by atoms with Crippen molar-refractivity contribution in [2.24, 2.45) is 22.7 Å². The molecule has 94 valence electrons. The standard InChI is InChI=1S/C15H28O/c1-11-14(4)9-6-8-13(2,3)12(14)7-10-15(11,5)16/h11-12,16H,6-10H2,1-5H3/t11-,12?,14-,15-/m0/s1. The van der Waals surface area contributed by atoms with E-state index in [9.17, 15) is 5.11 Å². The molecule has 0 amide bonds. The normalized spacial score (nSPS) is 52.1. The van der Waals surface area contributed by atoms with Gasteiger partial charge >= 0.3 is 0 Å². The zero-order valence-corrected chi connectivity index (χ0v) is 11.6. The second-order valence-corrected chi connectivity index (χ2v) is 7.52. The van der Waals surface area contributed by atoms with Crippen LogP contribution in [0.25, 0.3) is 0 Å². The van der Waals surface area contributed by atoms with Gasteiger partial charge in [-0.25, -0.2) is 0 Å². The molecule has 0 aromatic heterocycles.